The van der Waals surface area contributed by atoms with Gasteiger partial charge in [0.25, 0.3) is 0 Å². The molecule has 0 unspecified atom stereocenters. The topological polar surface area (TPSA) is 44.8 Å². The summed E-state index contributed by atoms with van der Waals surface area (Å²) in [7, 11) is 0. The van der Waals surface area contributed by atoms with Crippen molar-refractivity contribution in [3.05, 3.63) is 29.8 Å². The third-order valence-electron chi connectivity index (χ3n) is 2.80. The van der Waals surface area contributed by atoms with Gasteiger partial charge < -0.3 is 14.2 Å². The number of rotatable bonds is 6. The van der Waals surface area contributed by atoms with E-state index in [0.29, 0.717) is 26.4 Å². The first-order valence-corrected chi connectivity index (χ1v) is 6.29. The number of hydrogen-bond acceptors (Lipinski definition) is 4. The summed E-state index contributed by atoms with van der Waals surface area (Å²) in [5.41, 5.74) is 0.914. The van der Waals surface area contributed by atoms with Crippen LogP contribution in [0.5, 0.6) is 5.75 Å². The Hall–Kier alpha value is -1.55. The molecule has 18 heavy (non-hydrogen) atoms. The molecule has 1 aliphatic rings. The lowest BCUT2D eigenvalue weighted by Gasteiger charge is -2.09. The largest absolute Gasteiger partial charge is 0.492 e. The van der Waals surface area contributed by atoms with Crippen molar-refractivity contribution < 1.29 is 19.0 Å². The van der Waals surface area contributed by atoms with Crippen LogP contribution in [0.15, 0.2) is 24.3 Å². The van der Waals surface area contributed by atoms with Crippen molar-refractivity contribution in [1.29, 1.82) is 0 Å². The van der Waals surface area contributed by atoms with E-state index >= 15 is 0 Å². The van der Waals surface area contributed by atoms with E-state index in [1.807, 2.05) is 31.2 Å². The minimum atomic E-state index is -0.299. The van der Waals surface area contributed by atoms with E-state index in [1.54, 1.807) is 0 Å². The van der Waals surface area contributed by atoms with Gasteiger partial charge in [-0.15, -0.1) is 0 Å². The van der Waals surface area contributed by atoms with Gasteiger partial charge in [-0.3, -0.25) is 4.79 Å². The molecular weight excluding hydrogens is 232 g/mol. The summed E-state index contributed by atoms with van der Waals surface area (Å²) in [6.07, 6.45) is 0.970. The minimum Gasteiger partial charge on any atom is -0.492 e. The zero-order valence-electron chi connectivity index (χ0n) is 10.6. The second kappa shape index (κ2) is 6.40. The van der Waals surface area contributed by atoms with Crippen LogP contribution in [0.25, 0.3) is 0 Å². The Morgan fingerprint density at radius 2 is 2.17 bits per heavy atom. The van der Waals surface area contributed by atoms with Crippen molar-refractivity contribution >= 4 is 5.97 Å². The lowest BCUT2D eigenvalue weighted by atomic mass is 10.0. The van der Waals surface area contributed by atoms with E-state index in [1.165, 1.54) is 0 Å². The molecule has 4 nitrogen and oxygen atoms in total. The van der Waals surface area contributed by atoms with Crippen LogP contribution in [0.3, 0.4) is 0 Å². The summed E-state index contributed by atoms with van der Waals surface area (Å²) in [6, 6.07) is 7.57. The van der Waals surface area contributed by atoms with Crippen LogP contribution in [-0.4, -0.2) is 32.4 Å². The van der Waals surface area contributed by atoms with Crippen molar-refractivity contribution in [2.75, 3.05) is 26.4 Å². The Kier molecular flexibility index (Phi) is 4.59. The smallest absolute Gasteiger partial charge is 0.317 e. The number of carbonyl (C=O) groups excluding carboxylic acids is 1. The Labute approximate surface area is 107 Å². The van der Waals surface area contributed by atoms with E-state index in [2.05, 4.69) is 0 Å². The summed E-state index contributed by atoms with van der Waals surface area (Å²) in [5.74, 6) is 0.245. The molecular formula is C14H18O4. The molecule has 1 aliphatic heterocycles. The molecule has 0 fully saturated rings. The van der Waals surface area contributed by atoms with Crippen LogP contribution in [0, 0.1) is 0 Å². The molecule has 1 atom stereocenters. The Bertz CT molecular complexity index is 403. The summed E-state index contributed by atoms with van der Waals surface area (Å²) in [5, 5.41) is 0. The zero-order chi connectivity index (χ0) is 12.8. The van der Waals surface area contributed by atoms with Gasteiger partial charge in [-0.25, -0.2) is 0 Å². The van der Waals surface area contributed by atoms with Gasteiger partial charge in [-0.1, -0.05) is 25.1 Å². The van der Waals surface area contributed by atoms with Gasteiger partial charge in [0.2, 0.25) is 0 Å². The second-order valence-corrected chi connectivity index (χ2v) is 4.18. The summed E-state index contributed by atoms with van der Waals surface area (Å²) >= 11 is 0. The minimum absolute atomic E-state index is 0.236. The summed E-state index contributed by atoms with van der Waals surface area (Å²) in [4.78, 5) is 11.9. The van der Waals surface area contributed by atoms with Gasteiger partial charge in [0, 0.05) is 12.2 Å². The molecule has 0 saturated carbocycles. The third kappa shape index (κ3) is 3.01. The van der Waals surface area contributed by atoms with Crippen LogP contribution >= 0.6 is 0 Å². The summed E-state index contributed by atoms with van der Waals surface area (Å²) < 4.78 is 15.9. The number of hydrogen-bond donors (Lipinski definition) is 0. The monoisotopic (exact) mass is 250 g/mol. The molecule has 0 aromatic heterocycles. The maximum atomic E-state index is 11.9. The first kappa shape index (κ1) is 12.9. The molecule has 1 heterocycles. The predicted molar refractivity (Wildman–Crippen MR) is 66.7 cm³/mol. The molecule has 4 heteroatoms. The highest BCUT2D eigenvalue weighted by atomic mass is 16.6. The molecule has 1 aromatic carbocycles. The summed E-state index contributed by atoms with van der Waals surface area (Å²) in [6.45, 7) is 3.87. The molecule has 0 aliphatic carbocycles. The van der Waals surface area contributed by atoms with Crippen molar-refractivity contribution in [3.8, 4) is 5.75 Å². The lowest BCUT2D eigenvalue weighted by Crippen LogP contribution is -2.19. The van der Waals surface area contributed by atoms with Crippen LogP contribution in [0.4, 0.5) is 0 Å². The fourth-order valence-corrected chi connectivity index (χ4v) is 1.91. The first-order valence-electron chi connectivity index (χ1n) is 6.29. The van der Waals surface area contributed by atoms with E-state index in [4.69, 9.17) is 14.2 Å². The highest BCUT2D eigenvalue weighted by Gasteiger charge is 2.31. The van der Waals surface area contributed by atoms with Crippen LogP contribution in [0.2, 0.25) is 0 Å². The molecule has 0 amide bonds. The second-order valence-electron chi connectivity index (χ2n) is 4.18. The van der Waals surface area contributed by atoms with Crippen LogP contribution in [-0.2, 0) is 14.3 Å². The van der Waals surface area contributed by atoms with Crippen molar-refractivity contribution in [1.82, 2.24) is 0 Å². The lowest BCUT2D eigenvalue weighted by molar-refractivity contribution is -0.147. The third-order valence-corrected chi connectivity index (χ3v) is 2.80. The SMILES string of the molecule is CCCOCCOC(=O)[C@H]1COc2ccccc21. The van der Waals surface area contributed by atoms with Gasteiger partial charge >= 0.3 is 5.97 Å². The number of fused-ring (bicyclic) bond motifs is 1. The highest BCUT2D eigenvalue weighted by Crippen LogP contribution is 2.33. The fourth-order valence-electron chi connectivity index (χ4n) is 1.91. The molecule has 0 radical (unpaired) electrons. The first-order chi connectivity index (χ1) is 8.83. The number of para-hydroxylation sites is 1. The molecule has 98 valence electrons. The van der Waals surface area contributed by atoms with Gasteiger partial charge in [0.1, 0.15) is 24.9 Å². The van der Waals surface area contributed by atoms with Gasteiger partial charge in [0.05, 0.1) is 6.61 Å². The Morgan fingerprint density at radius 1 is 1.33 bits per heavy atom. The van der Waals surface area contributed by atoms with Gasteiger partial charge in [-0.05, 0) is 12.5 Å². The van der Waals surface area contributed by atoms with Crippen LogP contribution in [0.1, 0.15) is 24.8 Å². The maximum absolute atomic E-state index is 11.9. The van der Waals surface area contributed by atoms with Crippen molar-refractivity contribution in [3.63, 3.8) is 0 Å². The standard InChI is InChI=1S/C14H18O4/c1-2-7-16-8-9-17-14(15)12-10-18-13-6-4-3-5-11(12)13/h3-6,12H,2,7-10H2,1H3/t12-/m0/s1. The molecule has 0 N–H and O–H groups in total. The average molecular weight is 250 g/mol. The van der Waals surface area contributed by atoms with Crippen molar-refractivity contribution in [2.45, 2.75) is 19.3 Å². The fraction of sp³-hybridized carbons (Fsp3) is 0.500. The highest BCUT2D eigenvalue weighted by molar-refractivity contribution is 5.80. The Morgan fingerprint density at radius 3 is 3.00 bits per heavy atom. The molecule has 0 bridgehead atoms. The van der Waals surface area contributed by atoms with E-state index in [-0.39, 0.29) is 11.9 Å². The number of benzene rings is 1. The average Bonchev–Trinajstić information content (AvgIpc) is 2.82. The van der Waals surface area contributed by atoms with E-state index < -0.39 is 0 Å². The number of carbonyl (C=O) groups is 1. The molecule has 1 aromatic rings. The molecule has 2 rings (SSSR count). The zero-order valence-corrected chi connectivity index (χ0v) is 10.6. The van der Waals surface area contributed by atoms with Gasteiger partial charge in [0.15, 0.2) is 0 Å². The van der Waals surface area contributed by atoms with Crippen molar-refractivity contribution in [2.24, 2.45) is 0 Å². The predicted octanol–water partition coefficient (Wildman–Crippen LogP) is 2.13. The normalized spacial score (nSPS) is 17.1. The van der Waals surface area contributed by atoms with E-state index in [0.717, 1.165) is 17.7 Å². The quantitative estimate of drug-likeness (QED) is 0.573. The van der Waals surface area contributed by atoms with E-state index in [9.17, 15) is 4.79 Å². The number of ether oxygens (including phenoxy) is 3. The Balaban J connectivity index is 1.80. The van der Waals surface area contributed by atoms with Gasteiger partial charge in [-0.2, -0.15) is 0 Å². The number of esters is 1. The van der Waals surface area contributed by atoms with Crippen LogP contribution < -0.4 is 4.74 Å². The maximum Gasteiger partial charge on any atom is 0.317 e. The molecule has 0 spiro atoms. The molecule has 0 saturated heterocycles.